The number of H-pyrrole nitrogens is 3. The molecule has 0 aliphatic carbocycles. The predicted molar refractivity (Wildman–Crippen MR) is 215 cm³/mol. The van der Waals surface area contributed by atoms with E-state index in [0.29, 0.717) is 82.8 Å². The van der Waals surface area contributed by atoms with Crippen molar-refractivity contribution in [3.05, 3.63) is 140 Å². The predicted octanol–water partition coefficient (Wildman–Crippen LogP) is 10.4. The van der Waals surface area contributed by atoms with Crippen LogP contribution >= 0.6 is 0 Å². The molecule has 9 heteroatoms. The van der Waals surface area contributed by atoms with Crippen molar-refractivity contribution in [1.82, 2.24) is 15.0 Å². The summed E-state index contributed by atoms with van der Waals surface area (Å²) in [6.45, 7) is 0. The number of furan rings is 3. The van der Waals surface area contributed by atoms with E-state index in [9.17, 15) is 0 Å². The minimum Gasteiger partial charge on any atom is -0.456 e. The normalized spacial score (nSPS) is 12.7. The smallest absolute Gasteiger partial charge is 0.199 e. The summed E-state index contributed by atoms with van der Waals surface area (Å²) >= 11 is 0. The average molecular weight is 700 g/mol. The van der Waals surface area contributed by atoms with Crippen LogP contribution in [0.3, 0.4) is 0 Å². The van der Waals surface area contributed by atoms with Crippen LogP contribution in [0.15, 0.2) is 137 Å². The third-order valence-electron chi connectivity index (χ3n) is 11.3. The standard InChI is InChI=1S/C45H21N3O6/c49-43-22-13-16-28-31(19-7-1-4-10-25(19)52-28)37(22)46-40-34(43)41-36(45(51)24-15-18-30-33(39(24)47-41)21-9-3-6-12-27(21)54-30)42-35(40)44(50)23-14-17-29-32(38(23)48-42)20-8-2-5-11-26(20)53-29/h1-18H,(H,46,49)(H,47,51)(H,48,50). The van der Waals surface area contributed by atoms with Gasteiger partial charge in [0.15, 0.2) is 16.3 Å². The largest absolute Gasteiger partial charge is 0.456 e. The Labute approximate surface area is 298 Å². The topological polar surface area (TPSA) is 138 Å². The van der Waals surface area contributed by atoms with Crippen molar-refractivity contribution in [2.45, 2.75) is 0 Å². The lowest BCUT2D eigenvalue weighted by Crippen LogP contribution is -2.15. The molecule has 0 spiro atoms. The summed E-state index contributed by atoms with van der Waals surface area (Å²) in [5.74, 6) is 0. The molecule has 0 saturated carbocycles. The molecule has 0 amide bonds. The molecule has 7 aromatic carbocycles. The Morgan fingerprint density at radius 1 is 0.278 bits per heavy atom. The molecule has 0 aliphatic heterocycles. The highest BCUT2D eigenvalue weighted by atomic mass is 16.3. The lowest BCUT2D eigenvalue weighted by atomic mass is 9.96. The van der Waals surface area contributed by atoms with Crippen LogP contribution in [0.1, 0.15) is 0 Å². The van der Waals surface area contributed by atoms with Crippen LogP contribution < -0.4 is 16.3 Å². The summed E-state index contributed by atoms with van der Waals surface area (Å²) in [4.78, 5) is 55.9. The highest BCUT2D eigenvalue weighted by Crippen LogP contribution is 2.40. The molecule has 6 aromatic heterocycles. The molecule has 0 unspecified atom stereocenters. The van der Waals surface area contributed by atoms with Crippen LogP contribution in [0.5, 0.6) is 0 Å². The molecule has 0 fully saturated rings. The van der Waals surface area contributed by atoms with Crippen LogP contribution in [0.25, 0.3) is 131 Å². The third-order valence-corrected chi connectivity index (χ3v) is 11.3. The highest BCUT2D eigenvalue weighted by molar-refractivity contribution is 6.30. The van der Waals surface area contributed by atoms with Crippen molar-refractivity contribution in [1.29, 1.82) is 0 Å². The Kier molecular flexibility index (Phi) is 4.88. The van der Waals surface area contributed by atoms with Gasteiger partial charge < -0.3 is 28.2 Å². The van der Waals surface area contributed by atoms with E-state index in [-0.39, 0.29) is 32.4 Å². The second-order valence-electron chi connectivity index (χ2n) is 14.0. The number of benzene rings is 7. The lowest BCUT2D eigenvalue weighted by Gasteiger charge is -2.14. The quantitative estimate of drug-likeness (QED) is 0.106. The fraction of sp³-hybridized carbons (Fsp3) is 0. The summed E-state index contributed by atoms with van der Waals surface area (Å²) in [5, 5.41) is 6.54. The first-order valence-electron chi connectivity index (χ1n) is 17.6. The maximum atomic E-state index is 15.1. The fourth-order valence-electron chi connectivity index (χ4n) is 8.99. The average Bonchev–Trinajstić information content (AvgIpc) is 3.89. The number of para-hydroxylation sites is 3. The maximum Gasteiger partial charge on any atom is 0.199 e. The molecule has 13 aromatic rings. The van der Waals surface area contributed by atoms with Crippen LogP contribution in [0, 0.1) is 0 Å². The van der Waals surface area contributed by atoms with Crippen molar-refractivity contribution in [3.63, 3.8) is 0 Å². The molecule has 9 nitrogen and oxygen atoms in total. The van der Waals surface area contributed by atoms with Gasteiger partial charge in [-0.05, 0) is 54.6 Å². The molecule has 0 aliphatic rings. The van der Waals surface area contributed by atoms with Gasteiger partial charge in [0.1, 0.15) is 33.5 Å². The molecule has 54 heavy (non-hydrogen) atoms. The van der Waals surface area contributed by atoms with E-state index in [1.54, 1.807) is 36.4 Å². The number of pyridine rings is 3. The van der Waals surface area contributed by atoms with Crippen molar-refractivity contribution >= 4 is 131 Å². The van der Waals surface area contributed by atoms with E-state index in [2.05, 4.69) is 15.0 Å². The Balaban J connectivity index is 1.34. The molecule has 6 heterocycles. The molecule has 13 rings (SSSR count). The van der Waals surface area contributed by atoms with E-state index in [0.717, 1.165) is 32.3 Å². The molecular formula is C45H21N3O6. The lowest BCUT2D eigenvalue weighted by molar-refractivity contribution is 0.669. The molecule has 0 bridgehead atoms. The zero-order valence-corrected chi connectivity index (χ0v) is 27.8. The first-order valence-corrected chi connectivity index (χ1v) is 17.6. The van der Waals surface area contributed by atoms with Crippen LogP contribution in [0.4, 0.5) is 0 Å². The number of aromatic nitrogens is 3. The Bertz CT molecular complexity index is 3650. The van der Waals surface area contributed by atoms with Gasteiger partial charge in [0.25, 0.3) is 0 Å². The summed E-state index contributed by atoms with van der Waals surface area (Å²) < 4.78 is 18.6. The Morgan fingerprint density at radius 3 is 0.889 bits per heavy atom. The van der Waals surface area contributed by atoms with Gasteiger partial charge in [-0.1, -0.05) is 54.6 Å². The molecule has 0 atom stereocenters. The van der Waals surface area contributed by atoms with Crippen molar-refractivity contribution in [2.24, 2.45) is 0 Å². The highest BCUT2D eigenvalue weighted by Gasteiger charge is 2.25. The summed E-state index contributed by atoms with van der Waals surface area (Å²) in [6, 6.07) is 33.6. The zero-order chi connectivity index (χ0) is 35.6. The van der Waals surface area contributed by atoms with E-state index in [4.69, 9.17) is 13.3 Å². The van der Waals surface area contributed by atoms with E-state index < -0.39 is 0 Å². The van der Waals surface area contributed by atoms with Crippen molar-refractivity contribution in [3.8, 4) is 0 Å². The molecule has 3 N–H and O–H groups in total. The summed E-state index contributed by atoms with van der Waals surface area (Å²) in [6.07, 6.45) is 0. The number of hydrogen-bond acceptors (Lipinski definition) is 6. The first kappa shape index (κ1) is 28.0. The minimum atomic E-state index is -0.326. The molecule has 0 radical (unpaired) electrons. The van der Waals surface area contributed by atoms with Gasteiger partial charge in [0.05, 0.1) is 65.4 Å². The van der Waals surface area contributed by atoms with Gasteiger partial charge in [0, 0.05) is 32.3 Å². The minimum absolute atomic E-state index is 0.209. The zero-order valence-electron chi connectivity index (χ0n) is 27.8. The number of aromatic amines is 3. The summed E-state index contributed by atoms with van der Waals surface area (Å²) in [5.41, 5.74) is 5.42. The second-order valence-corrected chi connectivity index (χ2v) is 14.0. The number of fused-ring (bicyclic) bond motifs is 21. The molecular weight excluding hydrogens is 679 g/mol. The van der Waals surface area contributed by atoms with E-state index in [1.807, 2.05) is 72.8 Å². The fourth-order valence-corrected chi connectivity index (χ4v) is 8.99. The van der Waals surface area contributed by atoms with Gasteiger partial charge in [-0.3, -0.25) is 14.4 Å². The van der Waals surface area contributed by atoms with Crippen LogP contribution in [-0.4, -0.2) is 15.0 Å². The van der Waals surface area contributed by atoms with Gasteiger partial charge in [-0.15, -0.1) is 0 Å². The third kappa shape index (κ3) is 3.24. The van der Waals surface area contributed by atoms with Gasteiger partial charge in [-0.2, -0.15) is 0 Å². The van der Waals surface area contributed by atoms with Gasteiger partial charge in [0.2, 0.25) is 0 Å². The second kappa shape index (κ2) is 9.41. The Hall–Kier alpha value is -7.65. The van der Waals surface area contributed by atoms with Gasteiger partial charge in [-0.25, -0.2) is 0 Å². The van der Waals surface area contributed by atoms with Gasteiger partial charge >= 0.3 is 0 Å². The van der Waals surface area contributed by atoms with Crippen LogP contribution in [-0.2, 0) is 0 Å². The first-order chi connectivity index (χ1) is 26.5. The van der Waals surface area contributed by atoms with E-state index >= 15 is 14.4 Å². The van der Waals surface area contributed by atoms with Crippen LogP contribution in [0.2, 0.25) is 0 Å². The maximum absolute atomic E-state index is 15.1. The number of rotatable bonds is 0. The monoisotopic (exact) mass is 699 g/mol. The number of nitrogens with one attached hydrogen (secondary N) is 3. The molecule has 252 valence electrons. The van der Waals surface area contributed by atoms with Crippen molar-refractivity contribution < 1.29 is 13.3 Å². The number of hydrogen-bond donors (Lipinski definition) is 3. The Morgan fingerprint density at radius 2 is 0.574 bits per heavy atom. The molecule has 0 saturated heterocycles. The SMILES string of the molecule is O=c1c2ccc3oc4ccccc4c3c2[nH]c2c1c1[nH]c3c(ccc4oc5ccccc5c43)c(=O)c1c1[nH]c3c(ccc4oc5ccccc5c43)c(=O)c21. The van der Waals surface area contributed by atoms with Crippen molar-refractivity contribution in [2.75, 3.05) is 0 Å². The van der Waals surface area contributed by atoms with E-state index in [1.165, 1.54) is 0 Å². The summed E-state index contributed by atoms with van der Waals surface area (Å²) in [7, 11) is 0.